The fourth-order valence-corrected chi connectivity index (χ4v) is 2.58. The maximum atomic E-state index is 13.6. The van der Waals surface area contributed by atoms with E-state index in [0.717, 1.165) is 24.6 Å². The molecule has 1 fully saturated rings. The monoisotopic (exact) mass is 329 g/mol. The molecule has 0 amide bonds. The highest BCUT2D eigenvalue weighted by atomic mass is 79.9. The molecule has 0 saturated heterocycles. The molecule has 2 nitrogen and oxygen atoms in total. The average Bonchev–Trinajstić information content (AvgIpc) is 3.15. The van der Waals surface area contributed by atoms with Crippen LogP contribution in [0.2, 0.25) is 0 Å². The van der Waals surface area contributed by atoms with Gasteiger partial charge in [-0.1, -0.05) is 13.8 Å². The third kappa shape index (κ3) is 3.69. The standard InChI is InChI=1S/C15H21BrFNO/c1-15(2,6-7-18-10-4-5-10)11-8-12(16)13(17)9-14(11)19-3/h8-10,18H,4-7H2,1-3H3. The van der Waals surface area contributed by atoms with Crippen LogP contribution in [0, 0.1) is 5.82 Å². The number of methoxy groups -OCH3 is 1. The molecular formula is C15H21BrFNO. The molecule has 0 radical (unpaired) electrons. The van der Waals surface area contributed by atoms with Gasteiger partial charge in [-0.3, -0.25) is 0 Å². The molecule has 0 aromatic heterocycles. The van der Waals surface area contributed by atoms with Crippen molar-refractivity contribution in [3.8, 4) is 5.75 Å². The van der Waals surface area contributed by atoms with Crippen LogP contribution in [0.15, 0.2) is 16.6 Å². The molecule has 1 aliphatic carbocycles. The van der Waals surface area contributed by atoms with E-state index < -0.39 is 0 Å². The van der Waals surface area contributed by atoms with E-state index in [1.807, 2.05) is 6.07 Å². The number of halogens is 2. The number of nitrogens with one attached hydrogen (secondary N) is 1. The fourth-order valence-electron chi connectivity index (χ4n) is 2.24. The van der Waals surface area contributed by atoms with Gasteiger partial charge in [0.1, 0.15) is 11.6 Å². The van der Waals surface area contributed by atoms with Gasteiger partial charge in [0, 0.05) is 17.7 Å². The number of hydrogen-bond acceptors (Lipinski definition) is 2. The highest BCUT2D eigenvalue weighted by Crippen LogP contribution is 2.37. The predicted molar refractivity (Wildman–Crippen MR) is 79.3 cm³/mol. The quantitative estimate of drug-likeness (QED) is 0.851. The Morgan fingerprint density at radius 2 is 2.11 bits per heavy atom. The summed E-state index contributed by atoms with van der Waals surface area (Å²) in [7, 11) is 1.59. The second kappa shape index (κ2) is 5.80. The molecule has 1 aromatic rings. The van der Waals surface area contributed by atoms with E-state index in [2.05, 4.69) is 35.1 Å². The molecule has 0 unspecified atom stereocenters. The Kier molecular flexibility index (Phi) is 4.51. The van der Waals surface area contributed by atoms with E-state index in [1.165, 1.54) is 18.9 Å². The van der Waals surface area contributed by atoms with Crippen LogP contribution in [0.3, 0.4) is 0 Å². The van der Waals surface area contributed by atoms with Gasteiger partial charge in [0.25, 0.3) is 0 Å². The van der Waals surface area contributed by atoms with E-state index in [1.54, 1.807) is 7.11 Å². The van der Waals surface area contributed by atoms with Crippen molar-refractivity contribution in [1.29, 1.82) is 0 Å². The number of benzene rings is 1. The van der Waals surface area contributed by atoms with Gasteiger partial charge in [0.2, 0.25) is 0 Å². The van der Waals surface area contributed by atoms with Gasteiger partial charge in [-0.25, -0.2) is 4.39 Å². The number of rotatable bonds is 6. The molecule has 1 aromatic carbocycles. The smallest absolute Gasteiger partial charge is 0.141 e. The van der Waals surface area contributed by atoms with Crippen LogP contribution in [0.25, 0.3) is 0 Å². The molecule has 1 aliphatic rings. The SMILES string of the molecule is COc1cc(F)c(Br)cc1C(C)(C)CCNC1CC1. The molecule has 0 heterocycles. The number of hydrogen-bond donors (Lipinski definition) is 1. The maximum absolute atomic E-state index is 13.6. The van der Waals surface area contributed by atoms with Crippen molar-refractivity contribution in [1.82, 2.24) is 5.32 Å². The Hall–Kier alpha value is -0.610. The Labute approximate surface area is 122 Å². The van der Waals surface area contributed by atoms with E-state index >= 15 is 0 Å². The lowest BCUT2D eigenvalue weighted by molar-refractivity contribution is 0.378. The minimum absolute atomic E-state index is 0.0521. The second-order valence-electron chi connectivity index (χ2n) is 5.83. The Morgan fingerprint density at radius 3 is 2.68 bits per heavy atom. The van der Waals surface area contributed by atoms with Gasteiger partial charge >= 0.3 is 0 Å². The van der Waals surface area contributed by atoms with Crippen LogP contribution < -0.4 is 10.1 Å². The highest BCUT2D eigenvalue weighted by molar-refractivity contribution is 9.10. The summed E-state index contributed by atoms with van der Waals surface area (Å²) in [6, 6.07) is 4.01. The molecule has 0 spiro atoms. The molecule has 1 N–H and O–H groups in total. The molecule has 4 heteroatoms. The summed E-state index contributed by atoms with van der Waals surface area (Å²) in [4.78, 5) is 0. The van der Waals surface area contributed by atoms with Crippen molar-refractivity contribution in [2.75, 3.05) is 13.7 Å². The van der Waals surface area contributed by atoms with Crippen molar-refractivity contribution >= 4 is 15.9 Å². The number of ether oxygens (including phenoxy) is 1. The van der Waals surface area contributed by atoms with Gasteiger partial charge in [-0.15, -0.1) is 0 Å². The first kappa shape index (κ1) is 14.8. The maximum Gasteiger partial charge on any atom is 0.141 e. The minimum Gasteiger partial charge on any atom is -0.496 e. The van der Waals surface area contributed by atoms with Crippen molar-refractivity contribution in [3.05, 3.63) is 28.0 Å². The summed E-state index contributed by atoms with van der Waals surface area (Å²) in [5.74, 6) is 0.338. The predicted octanol–water partition coefficient (Wildman–Crippen LogP) is 4.02. The largest absolute Gasteiger partial charge is 0.496 e. The van der Waals surface area contributed by atoms with Gasteiger partial charge < -0.3 is 10.1 Å². The average molecular weight is 330 g/mol. The second-order valence-corrected chi connectivity index (χ2v) is 6.68. The normalized spacial score (nSPS) is 15.6. The molecule has 1 saturated carbocycles. The lowest BCUT2D eigenvalue weighted by Crippen LogP contribution is -2.27. The Bertz CT molecular complexity index is 458. The van der Waals surface area contributed by atoms with Gasteiger partial charge in [-0.2, -0.15) is 0 Å². The third-order valence-corrected chi connectivity index (χ3v) is 4.34. The summed E-state index contributed by atoms with van der Waals surface area (Å²) >= 11 is 3.26. The first-order valence-electron chi connectivity index (χ1n) is 6.71. The van der Waals surface area contributed by atoms with E-state index in [4.69, 9.17) is 4.74 Å². The molecule has 19 heavy (non-hydrogen) atoms. The van der Waals surface area contributed by atoms with Gasteiger partial charge in [0.15, 0.2) is 0 Å². The fraction of sp³-hybridized carbons (Fsp3) is 0.600. The Balaban J connectivity index is 2.14. The molecule has 0 atom stereocenters. The summed E-state index contributed by atoms with van der Waals surface area (Å²) in [5.41, 5.74) is 0.990. The summed E-state index contributed by atoms with van der Waals surface area (Å²) < 4.78 is 19.4. The molecule has 0 aliphatic heterocycles. The van der Waals surface area contributed by atoms with Crippen LogP contribution in [0.5, 0.6) is 5.75 Å². The van der Waals surface area contributed by atoms with Gasteiger partial charge in [0.05, 0.1) is 11.6 Å². The van der Waals surface area contributed by atoms with Crippen LogP contribution in [-0.2, 0) is 5.41 Å². The zero-order chi connectivity index (χ0) is 14.0. The third-order valence-electron chi connectivity index (χ3n) is 3.73. The van der Waals surface area contributed by atoms with E-state index in [-0.39, 0.29) is 11.2 Å². The summed E-state index contributed by atoms with van der Waals surface area (Å²) in [6.07, 6.45) is 3.59. The Morgan fingerprint density at radius 1 is 1.42 bits per heavy atom. The van der Waals surface area contributed by atoms with E-state index in [0.29, 0.717) is 10.2 Å². The van der Waals surface area contributed by atoms with Crippen molar-refractivity contribution in [3.63, 3.8) is 0 Å². The van der Waals surface area contributed by atoms with Crippen LogP contribution in [-0.4, -0.2) is 19.7 Å². The summed E-state index contributed by atoms with van der Waals surface area (Å²) in [6.45, 7) is 5.32. The first-order chi connectivity index (χ1) is 8.94. The zero-order valence-electron chi connectivity index (χ0n) is 11.7. The lowest BCUT2D eigenvalue weighted by atomic mass is 9.81. The van der Waals surface area contributed by atoms with E-state index in [9.17, 15) is 4.39 Å². The minimum atomic E-state index is -0.285. The molecule has 2 rings (SSSR count). The van der Waals surface area contributed by atoms with Crippen molar-refractivity contribution in [2.24, 2.45) is 0 Å². The molecule has 0 bridgehead atoms. The van der Waals surface area contributed by atoms with Crippen LogP contribution in [0.1, 0.15) is 38.7 Å². The van der Waals surface area contributed by atoms with Crippen molar-refractivity contribution in [2.45, 2.75) is 44.6 Å². The highest BCUT2D eigenvalue weighted by Gasteiger charge is 2.27. The summed E-state index contributed by atoms with van der Waals surface area (Å²) in [5, 5.41) is 3.52. The first-order valence-corrected chi connectivity index (χ1v) is 7.50. The van der Waals surface area contributed by atoms with Crippen molar-refractivity contribution < 1.29 is 9.13 Å². The van der Waals surface area contributed by atoms with Crippen LogP contribution in [0.4, 0.5) is 4.39 Å². The zero-order valence-corrected chi connectivity index (χ0v) is 13.3. The lowest BCUT2D eigenvalue weighted by Gasteiger charge is -2.27. The van der Waals surface area contributed by atoms with Crippen LogP contribution >= 0.6 is 15.9 Å². The topological polar surface area (TPSA) is 21.3 Å². The molecular weight excluding hydrogens is 309 g/mol. The molecule has 106 valence electrons. The van der Waals surface area contributed by atoms with Gasteiger partial charge in [-0.05, 0) is 53.2 Å².